The van der Waals surface area contributed by atoms with Gasteiger partial charge in [-0.15, -0.1) is 11.3 Å². The molecule has 32 heavy (non-hydrogen) atoms. The first-order chi connectivity index (χ1) is 15.6. The van der Waals surface area contributed by atoms with Crippen LogP contribution in [0.3, 0.4) is 0 Å². The van der Waals surface area contributed by atoms with Crippen molar-refractivity contribution in [3.05, 3.63) is 87.8 Å². The third-order valence-electron chi connectivity index (χ3n) is 6.57. The van der Waals surface area contributed by atoms with E-state index in [4.69, 9.17) is 0 Å². The Labute approximate surface area is 196 Å². The normalized spacial score (nSPS) is 15.6. The van der Waals surface area contributed by atoms with E-state index in [2.05, 4.69) is 56.4 Å². The molecule has 0 saturated carbocycles. The zero-order valence-electron chi connectivity index (χ0n) is 19.5. The molecule has 2 N–H and O–H groups in total. The van der Waals surface area contributed by atoms with Gasteiger partial charge < -0.3 is 10.2 Å². The molecule has 1 aliphatic rings. The minimum absolute atomic E-state index is 0.0288. The minimum atomic E-state index is -0.0288. The largest absolute Gasteiger partial charge is 0.325 e. The maximum absolute atomic E-state index is 13.0. The topological polar surface area (TPSA) is 33.5 Å². The Morgan fingerprint density at radius 3 is 2.25 bits per heavy atom. The number of nitrogens with one attached hydrogen (secondary N) is 2. The van der Waals surface area contributed by atoms with Gasteiger partial charge in [0.25, 0.3) is 5.91 Å². The molecule has 1 saturated heterocycles. The third kappa shape index (κ3) is 5.13. The summed E-state index contributed by atoms with van der Waals surface area (Å²) in [5.41, 5.74) is 4.69. The number of carbonyl (C=O) groups is 1. The lowest BCUT2D eigenvalue weighted by atomic mass is 9.93. The average Bonchev–Trinajstić information content (AvgIpc) is 3.23. The van der Waals surface area contributed by atoms with E-state index in [1.54, 1.807) is 16.2 Å². The Morgan fingerprint density at radius 1 is 0.969 bits per heavy atom. The van der Waals surface area contributed by atoms with E-state index in [1.807, 2.05) is 30.3 Å². The molecule has 0 spiro atoms. The van der Waals surface area contributed by atoms with Crippen molar-refractivity contribution in [2.24, 2.45) is 0 Å². The van der Waals surface area contributed by atoms with Crippen LogP contribution in [0.25, 0.3) is 0 Å². The summed E-state index contributed by atoms with van der Waals surface area (Å²) >= 11 is 1.73. The van der Waals surface area contributed by atoms with E-state index >= 15 is 0 Å². The van der Waals surface area contributed by atoms with Gasteiger partial charge >= 0.3 is 0 Å². The van der Waals surface area contributed by atoms with Gasteiger partial charge in [-0.3, -0.25) is 4.79 Å². The second kappa shape index (κ2) is 10.5. The van der Waals surface area contributed by atoms with Gasteiger partial charge in [-0.05, 0) is 55.4 Å². The maximum Gasteiger partial charge on any atom is 0.256 e. The van der Waals surface area contributed by atoms with E-state index in [0.29, 0.717) is 11.5 Å². The fourth-order valence-electron chi connectivity index (χ4n) is 4.71. The van der Waals surface area contributed by atoms with Crippen LogP contribution in [0.5, 0.6) is 0 Å². The van der Waals surface area contributed by atoms with Gasteiger partial charge in [0.2, 0.25) is 0 Å². The van der Waals surface area contributed by atoms with Gasteiger partial charge in [0, 0.05) is 21.6 Å². The Balaban J connectivity index is 1.73. The fourth-order valence-corrected chi connectivity index (χ4v) is 5.74. The monoisotopic (exact) mass is 447 g/mol. The number of anilines is 1. The number of carbonyl (C=O) groups excluding carboxylic acids is 1. The lowest BCUT2D eigenvalue weighted by Crippen LogP contribution is -3.13. The molecule has 3 aromatic rings. The highest BCUT2D eigenvalue weighted by molar-refractivity contribution is 7.16. The van der Waals surface area contributed by atoms with E-state index in [0.717, 1.165) is 11.4 Å². The zero-order valence-corrected chi connectivity index (χ0v) is 20.3. The molecular weight excluding hydrogens is 412 g/mol. The number of benzene rings is 2. The molecule has 2 heterocycles. The summed E-state index contributed by atoms with van der Waals surface area (Å²) in [5.74, 6) is 0.497. The summed E-state index contributed by atoms with van der Waals surface area (Å²) < 4.78 is 0. The van der Waals surface area contributed by atoms with Crippen LogP contribution < -0.4 is 10.2 Å². The molecule has 4 heteroatoms. The first-order valence-electron chi connectivity index (χ1n) is 12.0. The second-order valence-electron chi connectivity index (χ2n) is 9.14. The number of aryl methyl sites for hydroxylation is 1. The molecule has 4 rings (SSSR count). The Bertz CT molecular complexity index is 1020. The SMILES string of the molecule is CCc1cc(C(c2ccc(C(C)C)cc2)[NH+]2CCCCC2)c(NC(=O)c2ccccc2)s1. The molecular formula is C28H35N2OS+. The van der Waals surface area contributed by atoms with Crippen LogP contribution in [0.4, 0.5) is 5.00 Å². The fraction of sp³-hybridized carbons (Fsp3) is 0.393. The van der Waals surface area contributed by atoms with Gasteiger partial charge in [-0.1, -0.05) is 63.2 Å². The Morgan fingerprint density at radius 2 is 1.62 bits per heavy atom. The van der Waals surface area contributed by atoms with E-state index in [9.17, 15) is 4.79 Å². The van der Waals surface area contributed by atoms with Gasteiger partial charge in [0.05, 0.1) is 13.1 Å². The number of likely N-dealkylation sites (tertiary alicyclic amines) is 1. The van der Waals surface area contributed by atoms with E-state index < -0.39 is 0 Å². The number of thiophene rings is 1. The highest BCUT2D eigenvalue weighted by atomic mass is 32.1. The van der Waals surface area contributed by atoms with Crippen molar-refractivity contribution in [2.75, 3.05) is 18.4 Å². The summed E-state index contributed by atoms with van der Waals surface area (Å²) in [6.45, 7) is 9.04. The summed E-state index contributed by atoms with van der Waals surface area (Å²) in [6, 6.07) is 21.3. The highest BCUT2D eigenvalue weighted by Gasteiger charge is 2.31. The number of amides is 1. The third-order valence-corrected chi connectivity index (χ3v) is 7.79. The van der Waals surface area contributed by atoms with Gasteiger partial charge in [0.1, 0.15) is 11.0 Å². The second-order valence-corrected chi connectivity index (χ2v) is 10.3. The number of piperidine rings is 1. The highest BCUT2D eigenvalue weighted by Crippen LogP contribution is 2.36. The molecule has 1 fully saturated rings. The van der Waals surface area contributed by atoms with Crippen LogP contribution in [-0.4, -0.2) is 19.0 Å². The van der Waals surface area contributed by atoms with Crippen LogP contribution in [0, 0.1) is 0 Å². The van der Waals surface area contributed by atoms with Crippen molar-refractivity contribution < 1.29 is 9.69 Å². The molecule has 2 aromatic carbocycles. The van der Waals surface area contributed by atoms with Crippen molar-refractivity contribution in [1.82, 2.24) is 0 Å². The molecule has 3 nitrogen and oxygen atoms in total. The average molecular weight is 448 g/mol. The number of quaternary nitrogens is 1. The summed E-state index contributed by atoms with van der Waals surface area (Å²) in [4.78, 5) is 15.9. The molecule has 1 amide bonds. The Kier molecular flexibility index (Phi) is 7.44. The molecule has 1 atom stereocenters. The first-order valence-corrected chi connectivity index (χ1v) is 12.8. The van der Waals surface area contributed by atoms with Crippen molar-refractivity contribution in [3.8, 4) is 0 Å². The number of hydrogen-bond acceptors (Lipinski definition) is 2. The number of hydrogen-bond donors (Lipinski definition) is 2. The number of rotatable bonds is 7. The van der Waals surface area contributed by atoms with Crippen LogP contribution >= 0.6 is 11.3 Å². The van der Waals surface area contributed by atoms with Crippen LogP contribution in [0.1, 0.15) is 83.9 Å². The molecule has 0 bridgehead atoms. The summed E-state index contributed by atoms with van der Waals surface area (Å²) in [7, 11) is 0. The lowest BCUT2D eigenvalue weighted by molar-refractivity contribution is -0.930. The molecule has 1 unspecified atom stereocenters. The molecule has 168 valence electrons. The van der Waals surface area contributed by atoms with Crippen LogP contribution in [0.15, 0.2) is 60.7 Å². The van der Waals surface area contributed by atoms with Crippen molar-refractivity contribution in [2.45, 2.75) is 58.4 Å². The molecule has 1 aliphatic heterocycles. The molecule has 1 aromatic heterocycles. The van der Waals surface area contributed by atoms with Crippen molar-refractivity contribution in [3.63, 3.8) is 0 Å². The predicted molar refractivity (Wildman–Crippen MR) is 135 cm³/mol. The first kappa shape index (κ1) is 22.8. The maximum atomic E-state index is 13.0. The van der Waals surface area contributed by atoms with Crippen molar-refractivity contribution >= 4 is 22.2 Å². The van der Waals surface area contributed by atoms with E-state index in [-0.39, 0.29) is 11.9 Å². The van der Waals surface area contributed by atoms with Crippen LogP contribution in [-0.2, 0) is 6.42 Å². The van der Waals surface area contributed by atoms with Gasteiger partial charge in [-0.2, -0.15) is 0 Å². The van der Waals surface area contributed by atoms with Gasteiger partial charge in [-0.25, -0.2) is 0 Å². The summed E-state index contributed by atoms with van der Waals surface area (Å²) in [6.07, 6.45) is 4.84. The van der Waals surface area contributed by atoms with Crippen LogP contribution in [0.2, 0.25) is 0 Å². The standard InChI is InChI=1S/C28H34N2OS/c1-4-24-19-25(28(32-24)29-27(31)23-11-7-5-8-12-23)26(30-17-9-6-10-18-30)22-15-13-21(14-16-22)20(2)3/h5,7-8,11-16,19-20,26H,4,6,9-10,17-18H2,1-3H3,(H,29,31)/p+1. The van der Waals surface area contributed by atoms with Gasteiger partial charge in [0.15, 0.2) is 0 Å². The lowest BCUT2D eigenvalue weighted by Gasteiger charge is -2.32. The zero-order chi connectivity index (χ0) is 22.5. The smallest absolute Gasteiger partial charge is 0.256 e. The van der Waals surface area contributed by atoms with E-state index in [1.165, 1.54) is 53.9 Å². The predicted octanol–water partition coefficient (Wildman–Crippen LogP) is 5.84. The quantitative estimate of drug-likeness (QED) is 0.468. The molecule has 0 aliphatic carbocycles. The molecule has 0 radical (unpaired) electrons. The summed E-state index contributed by atoms with van der Waals surface area (Å²) in [5, 5.41) is 4.27. The Hall–Kier alpha value is -2.43. The van der Waals surface area contributed by atoms with Crippen molar-refractivity contribution in [1.29, 1.82) is 0 Å². The minimum Gasteiger partial charge on any atom is -0.325 e.